The van der Waals surface area contributed by atoms with Gasteiger partial charge >= 0.3 is 0 Å². The topological polar surface area (TPSA) is 63.7 Å². The summed E-state index contributed by atoms with van der Waals surface area (Å²) in [6, 6.07) is 14.1. The molecule has 2 aromatic carbocycles. The van der Waals surface area contributed by atoms with Gasteiger partial charge in [0, 0.05) is 17.2 Å². The van der Waals surface area contributed by atoms with E-state index in [0.717, 1.165) is 11.3 Å². The summed E-state index contributed by atoms with van der Waals surface area (Å²) in [7, 11) is 1.50. The highest BCUT2D eigenvalue weighted by molar-refractivity contribution is 5.88. The van der Waals surface area contributed by atoms with Crippen molar-refractivity contribution in [2.24, 2.45) is 0 Å². The Bertz CT molecular complexity index is 1010. The van der Waals surface area contributed by atoms with Crippen LogP contribution in [0.25, 0.3) is 33.7 Å². The maximum atomic E-state index is 13.4. The molecule has 0 spiro atoms. The minimum Gasteiger partial charge on any atom is -0.496 e. The molecule has 0 aliphatic heterocycles. The predicted octanol–water partition coefficient (Wildman–Crippen LogP) is 3.83. The number of H-pyrrole nitrogens is 1. The summed E-state index contributed by atoms with van der Waals surface area (Å²) in [5.41, 5.74) is 4.22. The Labute approximate surface area is 137 Å². The third-order valence-corrected chi connectivity index (χ3v) is 3.77. The molecule has 4 aromatic rings. The van der Waals surface area contributed by atoms with Crippen molar-refractivity contribution in [2.45, 2.75) is 0 Å². The first-order chi connectivity index (χ1) is 11.8. The summed E-state index contributed by atoms with van der Waals surface area (Å²) in [6.07, 6.45) is 1.60. The van der Waals surface area contributed by atoms with Crippen molar-refractivity contribution in [1.82, 2.24) is 20.2 Å². The van der Waals surface area contributed by atoms with Crippen molar-refractivity contribution in [1.29, 1.82) is 0 Å². The van der Waals surface area contributed by atoms with Crippen LogP contribution in [-0.2, 0) is 0 Å². The molecule has 118 valence electrons. The van der Waals surface area contributed by atoms with E-state index in [1.807, 2.05) is 30.3 Å². The Morgan fingerprint density at radius 2 is 1.92 bits per heavy atom. The maximum Gasteiger partial charge on any atom is 0.200 e. The molecular weight excluding hydrogens is 307 g/mol. The van der Waals surface area contributed by atoms with Crippen LogP contribution >= 0.6 is 0 Å². The molecule has 24 heavy (non-hydrogen) atoms. The molecule has 5 nitrogen and oxygen atoms in total. The Morgan fingerprint density at radius 1 is 1.08 bits per heavy atom. The van der Waals surface area contributed by atoms with Gasteiger partial charge < -0.3 is 4.74 Å². The predicted molar refractivity (Wildman–Crippen MR) is 89.1 cm³/mol. The molecule has 0 radical (unpaired) electrons. The third kappa shape index (κ3) is 2.38. The van der Waals surface area contributed by atoms with Crippen LogP contribution in [0.5, 0.6) is 5.75 Å². The number of aromatic nitrogens is 4. The van der Waals surface area contributed by atoms with Gasteiger partial charge in [0.2, 0.25) is 0 Å². The zero-order valence-electron chi connectivity index (χ0n) is 12.8. The van der Waals surface area contributed by atoms with Crippen LogP contribution in [-0.4, -0.2) is 27.3 Å². The fourth-order valence-corrected chi connectivity index (χ4v) is 2.61. The summed E-state index contributed by atoms with van der Waals surface area (Å²) in [5.74, 6) is 0.0475. The van der Waals surface area contributed by atoms with Crippen LogP contribution in [0.4, 0.5) is 4.39 Å². The van der Waals surface area contributed by atoms with Crippen LogP contribution in [0, 0.1) is 5.82 Å². The van der Waals surface area contributed by atoms with Crippen LogP contribution in [0.1, 0.15) is 0 Å². The van der Waals surface area contributed by atoms with Crippen LogP contribution in [0.3, 0.4) is 0 Å². The van der Waals surface area contributed by atoms with Crippen LogP contribution in [0.2, 0.25) is 0 Å². The number of benzene rings is 2. The third-order valence-electron chi connectivity index (χ3n) is 3.77. The first-order valence-electron chi connectivity index (χ1n) is 7.36. The second-order valence-electron chi connectivity index (χ2n) is 5.24. The van der Waals surface area contributed by atoms with Gasteiger partial charge in [-0.25, -0.2) is 14.4 Å². The normalized spacial score (nSPS) is 10.9. The van der Waals surface area contributed by atoms with Gasteiger partial charge in [-0.1, -0.05) is 30.3 Å². The smallest absolute Gasteiger partial charge is 0.200 e. The second kappa shape index (κ2) is 5.73. The van der Waals surface area contributed by atoms with Crippen molar-refractivity contribution in [2.75, 3.05) is 7.11 Å². The summed E-state index contributed by atoms with van der Waals surface area (Å²) in [6.45, 7) is 0. The van der Waals surface area contributed by atoms with Gasteiger partial charge in [-0.05, 0) is 12.1 Å². The monoisotopic (exact) mass is 320 g/mol. The zero-order valence-corrected chi connectivity index (χ0v) is 12.8. The molecule has 2 heterocycles. The van der Waals surface area contributed by atoms with E-state index in [0.29, 0.717) is 28.2 Å². The average molecular weight is 320 g/mol. The summed E-state index contributed by atoms with van der Waals surface area (Å²) in [5, 5.41) is 7.18. The fourth-order valence-electron chi connectivity index (χ4n) is 2.61. The summed E-state index contributed by atoms with van der Waals surface area (Å²) in [4.78, 5) is 9.01. The van der Waals surface area contributed by atoms with E-state index in [1.54, 1.807) is 12.3 Å². The van der Waals surface area contributed by atoms with E-state index >= 15 is 0 Å². The summed E-state index contributed by atoms with van der Waals surface area (Å²) < 4.78 is 18.7. The lowest BCUT2D eigenvalue weighted by molar-refractivity contribution is 0.413. The van der Waals surface area contributed by atoms with Crippen molar-refractivity contribution in [3.8, 4) is 28.3 Å². The van der Waals surface area contributed by atoms with Gasteiger partial charge in [0.15, 0.2) is 5.65 Å². The fraction of sp³-hybridized carbons (Fsp3) is 0.0556. The number of rotatable bonds is 3. The SMILES string of the molecule is COc1cc(F)ccc1-c1cnc2n[nH]c(-c3ccccc3)c2n1. The number of nitrogens with one attached hydrogen (secondary N) is 1. The molecule has 0 saturated carbocycles. The lowest BCUT2D eigenvalue weighted by Gasteiger charge is -2.08. The van der Waals surface area contributed by atoms with Gasteiger partial charge in [-0.15, -0.1) is 0 Å². The number of hydrogen-bond donors (Lipinski definition) is 1. The van der Waals surface area contributed by atoms with E-state index in [-0.39, 0.29) is 5.82 Å². The highest BCUT2D eigenvalue weighted by atomic mass is 19.1. The molecule has 6 heteroatoms. The molecule has 0 fully saturated rings. The number of halogens is 1. The van der Waals surface area contributed by atoms with Gasteiger partial charge in [-0.2, -0.15) is 5.10 Å². The molecule has 0 aliphatic carbocycles. The molecule has 2 aromatic heterocycles. The number of hydrogen-bond acceptors (Lipinski definition) is 4. The lowest BCUT2D eigenvalue weighted by atomic mass is 10.1. The minimum atomic E-state index is -0.363. The van der Waals surface area contributed by atoms with Crippen molar-refractivity contribution in [3.63, 3.8) is 0 Å². The first-order valence-corrected chi connectivity index (χ1v) is 7.36. The van der Waals surface area contributed by atoms with Crippen LogP contribution in [0.15, 0.2) is 54.7 Å². The number of ether oxygens (including phenoxy) is 1. The highest BCUT2D eigenvalue weighted by Crippen LogP contribution is 2.31. The second-order valence-corrected chi connectivity index (χ2v) is 5.24. The van der Waals surface area contributed by atoms with E-state index in [1.165, 1.54) is 19.2 Å². The number of fused-ring (bicyclic) bond motifs is 1. The highest BCUT2D eigenvalue weighted by Gasteiger charge is 2.14. The largest absolute Gasteiger partial charge is 0.496 e. The van der Waals surface area contributed by atoms with E-state index in [4.69, 9.17) is 4.74 Å². The standard InChI is InChI=1S/C18H13FN4O/c1-24-15-9-12(19)7-8-13(15)14-10-20-18-17(21-14)16(22-23-18)11-5-3-2-4-6-11/h2-10H,1H3,(H,20,22,23). The molecule has 0 atom stereocenters. The number of nitrogens with zero attached hydrogens (tertiary/aromatic N) is 3. The molecule has 0 amide bonds. The van der Waals surface area contributed by atoms with Crippen molar-refractivity contribution < 1.29 is 9.13 Å². The molecule has 0 bridgehead atoms. The number of aromatic amines is 1. The maximum absolute atomic E-state index is 13.4. The molecule has 0 aliphatic rings. The van der Waals surface area contributed by atoms with Gasteiger partial charge in [-0.3, -0.25) is 5.10 Å². The molecule has 4 rings (SSSR count). The van der Waals surface area contributed by atoms with Crippen molar-refractivity contribution >= 4 is 11.2 Å². The molecular formula is C18H13FN4O. The van der Waals surface area contributed by atoms with E-state index in [9.17, 15) is 4.39 Å². The van der Waals surface area contributed by atoms with Gasteiger partial charge in [0.25, 0.3) is 0 Å². The molecule has 0 saturated heterocycles. The lowest BCUT2D eigenvalue weighted by Crippen LogP contribution is -1.93. The average Bonchev–Trinajstić information content (AvgIpc) is 3.05. The zero-order chi connectivity index (χ0) is 16.5. The first kappa shape index (κ1) is 14.3. The Hall–Kier alpha value is -3.28. The Balaban J connectivity index is 1.90. The van der Waals surface area contributed by atoms with Gasteiger partial charge in [0.1, 0.15) is 17.1 Å². The molecule has 0 unspecified atom stereocenters. The van der Waals surface area contributed by atoms with E-state index < -0.39 is 0 Å². The summed E-state index contributed by atoms with van der Waals surface area (Å²) >= 11 is 0. The Kier molecular flexibility index (Phi) is 3.42. The quantitative estimate of drug-likeness (QED) is 0.623. The van der Waals surface area contributed by atoms with Crippen molar-refractivity contribution in [3.05, 3.63) is 60.5 Å². The number of methoxy groups -OCH3 is 1. The van der Waals surface area contributed by atoms with E-state index in [2.05, 4.69) is 20.2 Å². The molecule has 1 N–H and O–H groups in total. The minimum absolute atomic E-state index is 0.363. The van der Waals surface area contributed by atoms with Crippen LogP contribution < -0.4 is 4.74 Å². The Morgan fingerprint density at radius 3 is 2.71 bits per heavy atom. The van der Waals surface area contributed by atoms with Gasteiger partial charge in [0.05, 0.1) is 24.7 Å².